The molecule has 2 aromatic heterocycles. The largest absolute Gasteiger partial charge is 0.420 e. The van der Waals surface area contributed by atoms with E-state index >= 15 is 0 Å². The molecule has 0 N–H and O–H groups in total. The first-order valence-corrected chi connectivity index (χ1v) is 5.29. The highest BCUT2D eigenvalue weighted by molar-refractivity contribution is 5.57. The summed E-state index contributed by atoms with van der Waals surface area (Å²) in [6.07, 6.45) is 1.72. The SMILES string of the molecule is Cc1cc2c(=O)oc(-c3ccccc3)cn2n1. The maximum Gasteiger partial charge on any atom is 0.362 e. The zero-order valence-corrected chi connectivity index (χ0v) is 9.25. The van der Waals surface area contributed by atoms with Gasteiger partial charge in [-0.15, -0.1) is 0 Å². The van der Waals surface area contributed by atoms with E-state index < -0.39 is 0 Å². The van der Waals surface area contributed by atoms with E-state index in [4.69, 9.17) is 4.42 Å². The number of aromatic nitrogens is 2. The van der Waals surface area contributed by atoms with Crippen LogP contribution in [0.4, 0.5) is 0 Å². The first-order chi connectivity index (χ1) is 8.24. The maximum atomic E-state index is 11.8. The quantitative estimate of drug-likeness (QED) is 0.639. The summed E-state index contributed by atoms with van der Waals surface area (Å²) in [5, 5.41) is 4.22. The normalized spacial score (nSPS) is 10.9. The van der Waals surface area contributed by atoms with Gasteiger partial charge >= 0.3 is 5.63 Å². The van der Waals surface area contributed by atoms with Crippen molar-refractivity contribution in [3.63, 3.8) is 0 Å². The molecule has 0 unspecified atom stereocenters. The van der Waals surface area contributed by atoms with Crippen LogP contribution in [0.3, 0.4) is 0 Å². The molecule has 0 aliphatic heterocycles. The van der Waals surface area contributed by atoms with Gasteiger partial charge in [-0.1, -0.05) is 30.3 Å². The zero-order chi connectivity index (χ0) is 11.8. The molecule has 0 amide bonds. The summed E-state index contributed by atoms with van der Waals surface area (Å²) < 4.78 is 6.83. The van der Waals surface area contributed by atoms with Crippen LogP contribution in [0.25, 0.3) is 16.8 Å². The van der Waals surface area contributed by atoms with Crippen molar-refractivity contribution >= 4 is 5.52 Å². The van der Waals surface area contributed by atoms with Crippen molar-refractivity contribution in [3.05, 3.63) is 58.7 Å². The van der Waals surface area contributed by atoms with Crippen LogP contribution in [0.15, 0.2) is 51.8 Å². The number of benzene rings is 1. The average molecular weight is 226 g/mol. The van der Waals surface area contributed by atoms with Gasteiger partial charge in [-0.25, -0.2) is 9.31 Å². The monoisotopic (exact) mass is 226 g/mol. The van der Waals surface area contributed by atoms with Crippen molar-refractivity contribution in [1.82, 2.24) is 9.61 Å². The van der Waals surface area contributed by atoms with Gasteiger partial charge in [-0.05, 0) is 13.0 Å². The lowest BCUT2D eigenvalue weighted by Crippen LogP contribution is -2.04. The second-order valence-corrected chi connectivity index (χ2v) is 3.86. The summed E-state index contributed by atoms with van der Waals surface area (Å²) in [6, 6.07) is 11.2. The summed E-state index contributed by atoms with van der Waals surface area (Å²) in [6.45, 7) is 1.84. The Morgan fingerprint density at radius 2 is 2.00 bits per heavy atom. The van der Waals surface area contributed by atoms with Gasteiger partial charge in [0.15, 0.2) is 11.3 Å². The van der Waals surface area contributed by atoms with Gasteiger partial charge in [-0.2, -0.15) is 5.10 Å². The van der Waals surface area contributed by atoms with E-state index in [0.717, 1.165) is 11.3 Å². The predicted molar refractivity (Wildman–Crippen MR) is 63.9 cm³/mol. The first-order valence-electron chi connectivity index (χ1n) is 5.29. The molecule has 4 nitrogen and oxygen atoms in total. The zero-order valence-electron chi connectivity index (χ0n) is 9.25. The Bertz CT molecular complexity index is 726. The molecule has 4 heteroatoms. The molecule has 3 aromatic rings. The molecule has 2 heterocycles. The molecule has 0 atom stereocenters. The van der Waals surface area contributed by atoms with E-state index in [1.807, 2.05) is 37.3 Å². The molecule has 0 bridgehead atoms. The molecule has 0 saturated carbocycles. The lowest BCUT2D eigenvalue weighted by molar-refractivity contribution is 0.521. The number of hydrogen-bond donors (Lipinski definition) is 0. The van der Waals surface area contributed by atoms with Crippen molar-refractivity contribution in [2.45, 2.75) is 6.92 Å². The molecular formula is C13H10N2O2. The highest BCUT2D eigenvalue weighted by Gasteiger charge is 2.07. The van der Waals surface area contributed by atoms with E-state index in [2.05, 4.69) is 5.10 Å². The average Bonchev–Trinajstić information content (AvgIpc) is 2.71. The van der Waals surface area contributed by atoms with Gasteiger partial charge in [0, 0.05) is 5.56 Å². The van der Waals surface area contributed by atoms with Crippen LogP contribution < -0.4 is 5.63 Å². The number of rotatable bonds is 1. The summed E-state index contributed by atoms with van der Waals surface area (Å²) in [4.78, 5) is 11.8. The molecular weight excluding hydrogens is 216 g/mol. The van der Waals surface area contributed by atoms with Crippen LogP contribution >= 0.6 is 0 Å². The van der Waals surface area contributed by atoms with E-state index in [1.54, 1.807) is 16.8 Å². The van der Waals surface area contributed by atoms with Crippen LogP contribution in [-0.4, -0.2) is 9.61 Å². The summed E-state index contributed by atoms with van der Waals surface area (Å²) in [7, 11) is 0. The number of hydrogen-bond acceptors (Lipinski definition) is 3. The number of nitrogens with zero attached hydrogens (tertiary/aromatic N) is 2. The third-order valence-corrected chi connectivity index (χ3v) is 2.57. The minimum atomic E-state index is -0.369. The minimum absolute atomic E-state index is 0.369. The Kier molecular flexibility index (Phi) is 2.08. The number of fused-ring (bicyclic) bond motifs is 1. The molecule has 84 valence electrons. The lowest BCUT2D eigenvalue weighted by atomic mass is 10.2. The smallest absolute Gasteiger partial charge is 0.362 e. The summed E-state index contributed by atoms with van der Waals surface area (Å²) >= 11 is 0. The molecule has 0 radical (unpaired) electrons. The second-order valence-electron chi connectivity index (χ2n) is 3.86. The molecule has 0 aliphatic rings. The van der Waals surface area contributed by atoms with E-state index in [9.17, 15) is 4.79 Å². The molecule has 0 fully saturated rings. The molecule has 1 aromatic carbocycles. The van der Waals surface area contributed by atoms with Crippen molar-refractivity contribution in [1.29, 1.82) is 0 Å². The fourth-order valence-corrected chi connectivity index (χ4v) is 1.79. The molecule has 3 rings (SSSR count). The Balaban J connectivity index is 2.29. The van der Waals surface area contributed by atoms with Crippen LogP contribution in [0, 0.1) is 6.92 Å². The van der Waals surface area contributed by atoms with Gasteiger partial charge in [0.2, 0.25) is 0 Å². The lowest BCUT2D eigenvalue weighted by Gasteiger charge is -1.99. The summed E-state index contributed by atoms with van der Waals surface area (Å²) in [5.74, 6) is 0.520. The molecule has 0 aliphatic carbocycles. The van der Waals surface area contributed by atoms with Crippen molar-refractivity contribution in [2.75, 3.05) is 0 Å². The Morgan fingerprint density at radius 1 is 1.24 bits per heavy atom. The standard InChI is InChI=1S/C13H10N2O2/c1-9-7-11-13(16)17-12(8-15(11)14-9)10-5-3-2-4-6-10/h2-8H,1H3. The third kappa shape index (κ3) is 1.63. The Hall–Kier alpha value is -2.36. The Labute approximate surface area is 97.1 Å². The van der Waals surface area contributed by atoms with Crippen LogP contribution in [0.1, 0.15) is 5.69 Å². The second kappa shape index (κ2) is 3.59. The molecule has 0 spiro atoms. The van der Waals surface area contributed by atoms with E-state index in [-0.39, 0.29) is 5.63 Å². The van der Waals surface area contributed by atoms with Gasteiger partial charge in [-0.3, -0.25) is 0 Å². The van der Waals surface area contributed by atoms with Crippen molar-refractivity contribution in [3.8, 4) is 11.3 Å². The highest BCUT2D eigenvalue weighted by Crippen LogP contribution is 2.17. The van der Waals surface area contributed by atoms with Crippen molar-refractivity contribution in [2.24, 2.45) is 0 Å². The summed E-state index contributed by atoms with van der Waals surface area (Å²) in [5.41, 5.74) is 1.75. The third-order valence-electron chi connectivity index (χ3n) is 2.57. The fourth-order valence-electron chi connectivity index (χ4n) is 1.79. The predicted octanol–water partition coefficient (Wildman–Crippen LogP) is 2.26. The van der Waals surface area contributed by atoms with Gasteiger partial charge in [0.25, 0.3) is 0 Å². The van der Waals surface area contributed by atoms with E-state index in [0.29, 0.717) is 11.3 Å². The van der Waals surface area contributed by atoms with Gasteiger partial charge in [0.05, 0.1) is 11.9 Å². The maximum absolute atomic E-state index is 11.8. The minimum Gasteiger partial charge on any atom is -0.420 e. The molecule has 0 saturated heterocycles. The number of aryl methyl sites for hydroxylation is 1. The van der Waals surface area contributed by atoms with Crippen LogP contribution in [0.5, 0.6) is 0 Å². The molecule has 17 heavy (non-hydrogen) atoms. The van der Waals surface area contributed by atoms with Gasteiger partial charge < -0.3 is 4.42 Å². The Morgan fingerprint density at radius 3 is 2.76 bits per heavy atom. The highest BCUT2D eigenvalue weighted by atomic mass is 16.4. The van der Waals surface area contributed by atoms with E-state index in [1.165, 1.54) is 0 Å². The fraction of sp³-hybridized carbons (Fsp3) is 0.0769. The van der Waals surface area contributed by atoms with Gasteiger partial charge in [0.1, 0.15) is 0 Å². The first kappa shape index (κ1) is 9.84. The van der Waals surface area contributed by atoms with Crippen LogP contribution in [-0.2, 0) is 0 Å². The van der Waals surface area contributed by atoms with Crippen LogP contribution in [0.2, 0.25) is 0 Å². The van der Waals surface area contributed by atoms with Crippen molar-refractivity contribution < 1.29 is 4.42 Å². The topological polar surface area (TPSA) is 47.5 Å².